The summed E-state index contributed by atoms with van der Waals surface area (Å²) < 4.78 is 0. The molecular weight excluding hydrogens is 308 g/mol. The van der Waals surface area contributed by atoms with Gasteiger partial charge in [0.1, 0.15) is 0 Å². The van der Waals surface area contributed by atoms with Gasteiger partial charge in [0.2, 0.25) is 11.8 Å². The molecule has 2 amide bonds. The van der Waals surface area contributed by atoms with E-state index in [0.717, 1.165) is 32.2 Å². The number of hydrogen-bond donors (Lipinski definition) is 1. The van der Waals surface area contributed by atoms with E-state index in [1.165, 1.54) is 9.75 Å². The van der Waals surface area contributed by atoms with Crippen molar-refractivity contribution in [3.8, 4) is 0 Å². The molecule has 0 aromatic carbocycles. The van der Waals surface area contributed by atoms with Crippen LogP contribution in [-0.2, 0) is 22.6 Å². The maximum atomic E-state index is 12.4. The summed E-state index contributed by atoms with van der Waals surface area (Å²) >= 11 is 1.75. The van der Waals surface area contributed by atoms with Crippen LogP contribution < -0.4 is 5.32 Å². The molecule has 2 heterocycles. The van der Waals surface area contributed by atoms with E-state index in [0.29, 0.717) is 13.1 Å². The van der Waals surface area contributed by atoms with Crippen molar-refractivity contribution in [1.29, 1.82) is 0 Å². The van der Waals surface area contributed by atoms with E-state index >= 15 is 0 Å². The summed E-state index contributed by atoms with van der Waals surface area (Å²) in [6, 6.07) is 4.21. The van der Waals surface area contributed by atoms with Crippen LogP contribution >= 0.6 is 11.3 Å². The van der Waals surface area contributed by atoms with Gasteiger partial charge in [-0.05, 0) is 37.8 Å². The molecule has 1 aliphatic rings. The fourth-order valence-electron chi connectivity index (χ4n) is 2.90. The normalized spacial score (nSPS) is 19.4. The van der Waals surface area contributed by atoms with Crippen LogP contribution in [0.5, 0.6) is 0 Å². The van der Waals surface area contributed by atoms with Crippen LogP contribution in [0.1, 0.15) is 49.8 Å². The molecular formula is C18H28N2O2S. The first-order valence-corrected chi connectivity index (χ1v) is 9.50. The maximum Gasteiger partial charge on any atom is 0.225 e. The largest absolute Gasteiger partial charge is 0.351 e. The van der Waals surface area contributed by atoms with E-state index in [2.05, 4.69) is 24.4 Å². The van der Waals surface area contributed by atoms with Gasteiger partial charge >= 0.3 is 0 Å². The van der Waals surface area contributed by atoms with Gasteiger partial charge in [-0.25, -0.2) is 0 Å². The molecule has 128 valence electrons. The molecule has 1 aromatic rings. The van der Waals surface area contributed by atoms with Crippen molar-refractivity contribution in [2.45, 2.75) is 53.0 Å². The first-order valence-electron chi connectivity index (χ1n) is 8.69. The van der Waals surface area contributed by atoms with Gasteiger partial charge in [0.15, 0.2) is 0 Å². The number of nitrogens with one attached hydrogen (secondary N) is 1. The fourth-order valence-corrected chi connectivity index (χ4v) is 3.80. The molecule has 0 spiro atoms. The highest BCUT2D eigenvalue weighted by molar-refractivity contribution is 7.11. The van der Waals surface area contributed by atoms with Crippen molar-refractivity contribution in [2.75, 3.05) is 13.1 Å². The van der Waals surface area contributed by atoms with Crippen molar-refractivity contribution in [2.24, 2.45) is 11.8 Å². The predicted octanol–water partition coefficient (Wildman–Crippen LogP) is 3.21. The third-order valence-corrected chi connectivity index (χ3v) is 5.87. The highest BCUT2D eigenvalue weighted by atomic mass is 32.1. The van der Waals surface area contributed by atoms with E-state index in [1.807, 2.05) is 18.7 Å². The van der Waals surface area contributed by atoms with Gasteiger partial charge in [-0.3, -0.25) is 9.59 Å². The minimum absolute atomic E-state index is 0.0513. The minimum atomic E-state index is -0.0673. The first-order chi connectivity index (χ1) is 11.0. The van der Waals surface area contributed by atoms with Crippen molar-refractivity contribution >= 4 is 23.2 Å². The van der Waals surface area contributed by atoms with Crippen LogP contribution in [0.4, 0.5) is 0 Å². The van der Waals surface area contributed by atoms with Crippen LogP contribution in [0.2, 0.25) is 0 Å². The van der Waals surface area contributed by atoms with Crippen molar-refractivity contribution in [3.63, 3.8) is 0 Å². The van der Waals surface area contributed by atoms with Gasteiger partial charge in [0.05, 0.1) is 12.5 Å². The van der Waals surface area contributed by atoms with Crippen LogP contribution in [-0.4, -0.2) is 29.8 Å². The van der Waals surface area contributed by atoms with Gasteiger partial charge < -0.3 is 10.2 Å². The number of aryl methyl sites for hydroxylation is 1. The zero-order valence-electron chi connectivity index (χ0n) is 14.4. The third kappa shape index (κ3) is 4.80. The molecule has 0 radical (unpaired) electrons. The fraction of sp³-hybridized carbons (Fsp3) is 0.667. The molecule has 4 nitrogen and oxygen atoms in total. The summed E-state index contributed by atoms with van der Waals surface area (Å²) in [4.78, 5) is 29.1. The zero-order valence-corrected chi connectivity index (χ0v) is 15.2. The quantitative estimate of drug-likeness (QED) is 0.867. The maximum absolute atomic E-state index is 12.4. The number of hydrogen-bond acceptors (Lipinski definition) is 3. The number of thiophene rings is 1. The third-order valence-electron chi connectivity index (χ3n) is 4.64. The van der Waals surface area contributed by atoms with Gasteiger partial charge in [0, 0.05) is 28.8 Å². The van der Waals surface area contributed by atoms with E-state index in [4.69, 9.17) is 0 Å². The Kier molecular flexibility index (Phi) is 6.63. The van der Waals surface area contributed by atoms with Crippen LogP contribution in [0.15, 0.2) is 12.1 Å². The predicted molar refractivity (Wildman–Crippen MR) is 94.3 cm³/mol. The number of carbonyl (C=O) groups is 2. The second-order valence-corrected chi connectivity index (χ2v) is 7.62. The number of amides is 2. The second kappa shape index (κ2) is 8.48. The van der Waals surface area contributed by atoms with Crippen LogP contribution in [0.25, 0.3) is 0 Å². The molecule has 0 bridgehead atoms. The SMILES string of the molecule is CCc1ccc(CNC(=O)C2CCCN(C(=O)C(C)CC)C2)s1. The van der Waals surface area contributed by atoms with E-state index in [-0.39, 0.29) is 23.7 Å². The number of likely N-dealkylation sites (tertiary alicyclic amines) is 1. The van der Waals surface area contributed by atoms with Crippen LogP contribution in [0.3, 0.4) is 0 Å². The lowest BCUT2D eigenvalue weighted by atomic mass is 9.95. The Morgan fingerprint density at radius 1 is 1.35 bits per heavy atom. The zero-order chi connectivity index (χ0) is 16.8. The highest BCUT2D eigenvalue weighted by Gasteiger charge is 2.29. The summed E-state index contributed by atoms with van der Waals surface area (Å²) in [5.74, 6) is 0.256. The van der Waals surface area contributed by atoms with E-state index < -0.39 is 0 Å². The van der Waals surface area contributed by atoms with Gasteiger partial charge in [-0.15, -0.1) is 11.3 Å². The van der Waals surface area contributed by atoms with Crippen LogP contribution in [0, 0.1) is 11.8 Å². The number of piperidine rings is 1. The van der Waals surface area contributed by atoms with Gasteiger partial charge in [-0.2, -0.15) is 0 Å². The smallest absolute Gasteiger partial charge is 0.225 e. The Balaban J connectivity index is 1.85. The summed E-state index contributed by atoms with van der Waals surface area (Å²) in [7, 11) is 0. The second-order valence-electron chi connectivity index (χ2n) is 6.37. The Hall–Kier alpha value is -1.36. The molecule has 23 heavy (non-hydrogen) atoms. The molecule has 1 fully saturated rings. The average molecular weight is 337 g/mol. The highest BCUT2D eigenvalue weighted by Crippen LogP contribution is 2.20. The van der Waals surface area contributed by atoms with E-state index in [9.17, 15) is 9.59 Å². The molecule has 0 aliphatic carbocycles. The topological polar surface area (TPSA) is 49.4 Å². The van der Waals surface area contributed by atoms with E-state index in [1.54, 1.807) is 11.3 Å². The molecule has 2 rings (SSSR count). The summed E-state index contributed by atoms with van der Waals surface area (Å²) in [6.07, 6.45) is 3.68. The Labute approximate surface area is 143 Å². The summed E-state index contributed by atoms with van der Waals surface area (Å²) in [5, 5.41) is 3.04. The summed E-state index contributed by atoms with van der Waals surface area (Å²) in [5.41, 5.74) is 0. The molecule has 2 atom stereocenters. The molecule has 5 heteroatoms. The standard InChI is InChI=1S/C18H28N2O2S/c1-4-13(3)18(22)20-10-6-7-14(12-20)17(21)19-11-16-9-8-15(5-2)23-16/h8-9,13-14H,4-7,10-12H2,1-3H3,(H,19,21). The Morgan fingerprint density at radius 2 is 2.09 bits per heavy atom. The molecule has 2 unspecified atom stereocenters. The lowest BCUT2D eigenvalue weighted by Crippen LogP contribution is -2.46. The number of rotatable bonds is 6. The first kappa shape index (κ1) is 18.0. The molecule has 1 saturated heterocycles. The lowest BCUT2D eigenvalue weighted by Gasteiger charge is -2.33. The van der Waals surface area contributed by atoms with Crippen molar-refractivity contribution in [3.05, 3.63) is 21.9 Å². The minimum Gasteiger partial charge on any atom is -0.351 e. The molecule has 1 aliphatic heterocycles. The Morgan fingerprint density at radius 3 is 2.74 bits per heavy atom. The monoisotopic (exact) mass is 336 g/mol. The van der Waals surface area contributed by atoms with Gasteiger partial charge in [-0.1, -0.05) is 20.8 Å². The molecule has 1 aromatic heterocycles. The molecule has 1 N–H and O–H groups in total. The number of nitrogens with zero attached hydrogens (tertiary/aromatic N) is 1. The van der Waals surface area contributed by atoms with Crippen molar-refractivity contribution in [1.82, 2.24) is 10.2 Å². The average Bonchev–Trinajstić information content (AvgIpc) is 3.06. The molecule has 0 saturated carbocycles. The van der Waals surface area contributed by atoms with Gasteiger partial charge in [0.25, 0.3) is 0 Å². The Bertz CT molecular complexity index is 541. The van der Waals surface area contributed by atoms with Crippen molar-refractivity contribution < 1.29 is 9.59 Å². The lowest BCUT2D eigenvalue weighted by molar-refractivity contribution is -0.138. The number of carbonyl (C=O) groups excluding carboxylic acids is 2. The summed E-state index contributed by atoms with van der Waals surface area (Å²) in [6.45, 7) is 8.09.